The second kappa shape index (κ2) is 11.4. The first kappa shape index (κ1) is 23.4. The van der Waals surface area contributed by atoms with Gasteiger partial charge >= 0.3 is 0 Å². The third-order valence-electron chi connectivity index (χ3n) is 5.50. The Morgan fingerprint density at radius 1 is 1.00 bits per heavy atom. The summed E-state index contributed by atoms with van der Waals surface area (Å²) in [7, 11) is 0. The average Bonchev–Trinajstić information content (AvgIpc) is 3.42. The molecule has 0 spiro atoms. The standard InChI is InChI=1S/C27H25N3O3S/c28-17-20-7-5-8-21(15-20)18-33-23-10-6-9-22(16-23)29-27(32)24-11-1-2-12-25(24)34-19-26(31)30-13-3-4-14-30/h1-2,5-12,15-16H,3-4,13-14,18-19H2,(H,29,32). The number of hydrogen-bond acceptors (Lipinski definition) is 5. The summed E-state index contributed by atoms with van der Waals surface area (Å²) in [6.07, 6.45) is 2.12. The topological polar surface area (TPSA) is 82.4 Å². The third-order valence-corrected chi connectivity index (χ3v) is 6.55. The average molecular weight is 472 g/mol. The van der Waals surface area contributed by atoms with Crippen LogP contribution in [0.4, 0.5) is 5.69 Å². The first-order valence-corrected chi connectivity index (χ1v) is 12.1. The summed E-state index contributed by atoms with van der Waals surface area (Å²) < 4.78 is 5.85. The Hall–Kier alpha value is -3.76. The number of amides is 2. The van der Waals surface area contributed by atoms with Gasteiger partial charge in [0.25, 0.3) is 5.91 Å². The fourth-order valence-electron chi connectivity index (χ4n) is 3.74. The number of thioether (sulfide) groups is 1. The zero-order valence-corrected chi connectivity index (χ0v) is 19.5. The maximum absolute atomic E-state index is 13.0. The summed E-state index contributed by atoms with van der Waals surface area (Å²) in [5, 5.41) is 12.0. The van der Waals surface area contributed by atoms with Gasteiger partial charge in [-0.25, -0.2) is 0 Å². The number of rotatable bonds is 8. The summed E-state index contributed by atoms with van der Waals surface area (Å²) in [4.78, 5) is 28.1. The first-order valence-electron chi connectivity index (χ1n) is 11.2. The second-order valence-electron chi connectivity index (χ2n) is 7.96. The molecule has 0 bridgehead atoms. The molecule has 172 valence electrons. The molecule has 1 fully saturated rings. The van der Waals surface area contributed by atoms with Crippen molar-refractivity contribution < 1.29 is 14.3 Å². The van der Waals surface area contributed by atoms with Crippen LogP contribution in [0.2, 0.25) is 0 Å². The highest BCUT2D eigenvalue weighted by molar-refractivity contribution is 8.00. The van der Waals surface area contributed by atoms with Crippen LogP contribution in [0, 0.1) is 11.3 Å². The van der Waals surface area contributed by atoms with Crippen LogP contribution >= 0.6 is 11.8 Å². The first-order chi connectivity index (χ1) is 16.6. The molecule has 1 heterocycles. The minimum absolute atomic E-state index is 0.114. The van der Waals surface area contributed by atoms with Gasteiger partial charge in [-0.1, -0.05) is 30.3 Å². The van der Waals surface area contributed by atoms with E-state index >= 15 is 0 Å². The van der Waals surface area contributed by atoms with E-state index in [0.29, 0.717) is 34.9 Å². The molecular weight excluding hydrogens is 446 g/mol. The van der Waals surface area contributed by atoms with Crippen LogP contribution in [0.1, 0.15) is 34.3 Å². The van der Waals surface area contributed by atoms with Gasteiger partial charge in [-0.2, -0.15) is 5.26 Å². The van der Waals surface area contributed by atoms with E-state index in [2.05, 4.69) is 11.4 Å². The monoisotopic (exact) mass is 471 g/mol. The van der Waals surface area contributed by atoms with Gasteiger partial charge in [0.1, 0.15) is 12.4 Å². The Kier molecular flexibility index (Phi) is 7.84. The van der Waals surface area contributed by atoms with Crippen molar-refractivity contribution in [2.24, 2.45) is 0 Å². The molecule has 0 aromatic heterocycles. The molecular formula is C27H25N3O3S. The molecule has 0 unspecified atom stereocenters. The number of carbonyl (C=O) groups excluding carboxylic acids is 2. The van der Waals surface area contributed by atoms with Crippen molar-refractivity contribution in [3.8, 4) is 11.8 Å². The minimum atomic E-state index is -0.240. The fourth-order valence-corrected chi connectivity index (χ4v) is 4.69. The lowest BCUT2D eigenvalue weighted by Gasteiger charge is -2.15. The number of carbonyl (C=O) groups is 2. The number of benzene rings is 3. The van der Waals surface area contributed by atoms with Gasteiger partial charge in [0.2, 0.25) is 5.91 Å². The molecule has 1 N–H and O–H groups in total. The lowest BCUT2D eigenvalue weighted by molar-refractivity contribution is -0.127. The maximum atomic E-state index is 13.0. The molecule has 0 radical (unpaired) electrons. The van der Waals surface area contributed by atoms with Crippen molar-refractivity contribution >= 4 is 29.3 Å². The molecule has 34 heavy (non-hydrogen) atoms. The van der Waals surface area contributed by atoms with Gasteiger partial charge < -0.3 is 15.0 Å². The highest BCUT2D eigenvalue weighted by Gasteiger charge is 2.19. The van der Waals surface area contributed by atoms with Gasteiger partial charge in [-0.15, -0.1) is 11.8 Å². The number of hydrogen-bond donors (Lipinski definition) is 1. The molecule has 0 atom stereocenters. The quantitative estimate of drug-likeness (QED) is 0.462. The van der Waals surface area contributed by atoms with Crippen LogP contribution in [-0.2, 0) is 11.4 Å². The Labute approximate surface area is 203 Å². The molecule has 0 aliphatic carbocycles. The normalized spacial score (nSPS) is 12.7. The van der Waals surface area contributed by atoms with Crippen molar-refractivity contribution in [2.45, 2.75) is 24.3 Å². The third kappa shape index (κ3) is 6.18. The Morgan fingerprint density at radius 3 is 2.62 bits per heavy atom. The minimum Gasteiger partial charge on any atom is -0.489 e. The van der Waals surface area contributed by atoms with Gasteiger partial charge in [0, 0.05) is 29.7 Å². The van der Waals surface area contributed by atoms with E-state index in [1.54, 1.807) is 30.3 Å². The van der Waals surface area contributed by atoms with Crippen LogP contribution in [0.3, 0.4) is 0 Å². The Morgan fingerprint density at radius 2 is 1.79 bits per heavy atom. The van der Waals surface area contributed by atoms with E-state index in [9.17, 15) is 9.59 Å². The van der Waals surface area contributed by atoms with E-state index in [-0.39, 0.29) is 11.8 Å². The zero-order valence-electron chi connectivity index (χ0n) is 18.7. The maximum Gasteiger partial charge on any atom is 0.256 e. The number of likely N-dealkylation sites (tertiary alicyclic amines) is 1. The molecule has 2 amide bonds. The van der Waals surface area contributed by atoms with Crippen LogP contribution in [0.5, 0.6) is 5.75 Å². The van der Waals surface area contributed by atoms with E-state index in [1.165, 1.54) is 11.8 Å². The Bertz CT molecular complexity index is 1220. The lowest BCUT2D eigenvalue weighted by atomic mass is 10.1. The van der Waals surface area contributed by atoms with Gasteiger partial charge in [0.15, 0.2) is 0 Å². The molecule has 1 aliphatic rings. The zero-order chi connectivity index (χ0) is 23.8. The van der Waals surface area contributed by atoms with Crippen LogP contribution < -0.4 is 10.1 Å². The highest BCUT2D eigenvalue weighted by Crippen LogP contribution is 2.26. The molecule has 7 heteroatoms. The summed E-state index contributed by atoms with van der Waals surface area (Å²) >= 11 is 1.39. The lowest BCUT2D eigenvalue weighted by Crippen LogP contribution is -2.29. The van der Waals surface area contributed by atoms with E-state index < -0.39 is 0 Å². The van der Waals surface area contributed by atoms with Gasteiger partial charge in [-0.05, 0) is 54.8 Å². The summed E-state index contributed by atoms with van der Waals surface area (Å²) in [6, 6.07) is 23.9. The molecule has 3 aromatic rings. The summed E-state index contributed by atoms with van der Waals surface area (Å²) in [6.45, 7) is 1.96. The Balaban J connectivity index is 1.38. The SMILES string of the molecule is N#Cc1cccc(COc2cccc(NC(=O)c3ccccc3SCC(=O)N3CCCC3)c2)c1. The van der Waals surface area contributed by atoms with Crippen molar-refractivity contribution in [1.82, 2.24) is 4.90 Å². The largest absolute Gasteiger partial charge is 0.489 e. The molecule has 6 nitrogen and oxygen atoms in total. The molecule has 0 saturated carbocycles. The van der Waals surface area contributed by atoms with Crippen LogP contribution in [0.25, 0.3) is 0 Å². The number of nitrogens with zero attached hydrogens (tertiary/aromatic N) is 2. The predicted octanol–water partition coefficient (Wildman–Crippen LogP) is 5.10. The molecule has 1 aliphatic heterocycles. The summed E-state index contributed by atoms with van der Waals surface area (Å²) in [5.41, 5.74) is 2.62. The van der Waals surface area contributed by atoms with Crippen LogP contribution in [-0.4, -0.2) is 35.6 Å². The van der Waals surface area contributed by atoms with Crippen LogP contribution in [0.15, 0.2) is 77.7 Å². The number of anilines is 1. The summed E-state index contributed by atoms with van der Waals surface area (Å²) in [5.74, 6) is 0.804. The van der Waals surface area contributed by atoms with Gasteiger partial charge in [0.05, 0.1) is 22.9 Å². The second-order valence-corrected chi connectivity index (χ2v) is 8.97. The van der Waals surface area contributed by atoms with E-state index in [1.807, 2.05) is 47.4 Å². The molecule has 4 rings (SSSR count). The molecule has 1 saturated heterocycles. The van der Waals surface area contributed by atoms with Crippen molar-refractivity contribution in [3.63, 3.8) is 0 Å². The number of ether oxygens (including phenoxy) is 1. The fraction of sp³-hybridized carbons (Fsp3) is 0.222. The van der Waals surface area contributed by atoms with E-state index in [0.717, 1.165) is 36.4 Å². The highest BCUT2D eigenvalue weighted by atomic mass is 32.2. The van der Waals surface area contributed by atoms with Gasteiger partial charge in [-0.3, -0.25) is 9.59 Å². The number of nitrogens with one attached hydrogen (secondary N) is 1. The van der Waals surface area contributed by atoms with E-state index in [4.69, 9.17) is 10.00 Å². The number of nitriles is 1. The molecule has 3 aromatic carbocycles. The van der Waals surface area contributed by atoms with Crippen molar-refractivity contribution in [1.29, 1.82) is 5.26 Å². The van der Waals surface area contributed by atoms with Crippen molar-refractivity contribution in [3.05, 3.63) is 89.5 Å². The smallest absolute Gasteiger partial charge is 0.256 e. The van der Waals surface area contributed by atoms with Crippen molar-refractivity contribution in [2.75, 3.05) is 24.2 Å². The predicted molar refractivity (Wildman–Crippen MR) is 133 cm³/mol.